The summed E-state index contributed by atoms with van der Waals surface area (Å²) in [6.07, 6.45) is 3.72. The lowest BCUT2D eigenvalue weighted by Crippen LogP contribution is -2.45. The molecule has 1 N–H and O–H groups in total. The van der Waals surface area contributed by atoms with Crippen LogP contribution in [-0.4, -0.2) is 39.7 Å². The van der Waals surface area contributed by atoms with Gasteiger partial charge in [-0.1, -0.05) is 11.2 Å². The van der Waals surface area contributed by atoms with Gasteiger partial charge in [0, 0.05) is 38.1 Å². The Morgan fingerprint density at radius 1 is 1.53 bits per heavy atom. The first-order valence-corrected chi connectivity index (χ1v) is 6.47. The molecule has 1 aliphatic heterocycles. The smallest absolute Gasteiger partial charge is 0.240 e. The second-order valence-electron chi connectivity index (χ2n) is 4.71. The zero-order valence-corrected chi connectivity index (χ0v) is 10.9. The number of hydrogen-bond donors (Lipinski definition) is 1. The van der Waals surface area contributed by atoms with Crippen LogP contribution in [0.2, 0.25) is 0 Å². The molecule has 2 aromatic heterocycles. The monoisotopic (exact) mass is 259 g/mol. The van der Waals surface area contributed by atoms with Crippen LogP contribution in [0.1, 0.15) is 23.3 Å². The highest BCUT2D eigenvalue weighted by atomic mass is 16.5. The summed E-state index contributed by atoms with van der Waals surface area (Å²) in [5, 5.41) is 7.26. The molecule has 0 aliphatic carbocycles. The Balaban J connectivity index is 1.77. The maximum Gasteiger partial charge on any atom is 0.240 e. The van der Waals surface area contributed by atoms with E-state index in [1.165, 1.54) is 5.56 Å². The quantitative estimate of drug-likeness (QED) is 0.884. The van der Waals surface area contributed by atoms with Crippen molar-refractivity contribution in [2.75, 3.05) is 19.6 Å². The molecule has 0 spiro atoms. The van der Waals surface area contributed by atoms with Gasteiger partial charge in [-0.25, -0.2) is 0 Å². The fourth-order valence-corrected chi connectivity index (χ4v) is 2.42. The van der Waals surface area contributed by atoms with Crippen molar-refractivity contribution in [1.82, 2.24) is 25.3 Å². The summed E-state index contributed by atoms with van der Waals surface area (Å²) in [7, 11) is 0. The molecule has 1 atom stereocenters. The topological polar surface area (TPSA) is 67.1 Å². The molecule has 3 rings (SSSR count). The van der Waals surface area contributed by atoms with Crippen LogP contribution < -0.4 is 5.32 Å². The normalized spacial score (nSPS) is 20.6. The largest absolute Gasteiger partial charge is 0.338 e. The first kappa shape index (κ1) is 12.3. The minimum atomic E-state index is 0.301. The predicted molar refractivity (Wildman–Crippen MR) is 69.3 cm³/mol. The van der Waals surface area contributed by atoms with Crippen LogP contribution >= 0.6 is 0 Å². The molecule has 1 unspecified atom stereocenters. The first-order valence-electron chi connectivity index (χ1n) is 6.47. The summed E-state index contributed by atoms with van der Waals surface area (Å²) < 4.78 is 5.21. The lowest BCUT2D eigenvalue weighted by Gasteiger charge is -2.35. The Morgan fingerprint density at radius 2 is 2.47 bits per heavy atom. The number of rotatable bonds is 3. The highest BCUT2D eigenvalue weighted by Gasteiger charge is 2.25. The molecule has 6 heteroatoms. The molecule has 0 bridgehead atoms. The highest BCUT2D eigenvalue weighted by molar-refractivity contribution is 5.15. The third-order valence-electron chi connectivity index (χ3n) is 3.33. The molecule has 100 valence electrons. The van der Waals surface area contributed by atoms with E-state index in [9.17, 15) is 0 Å². The van der Waals surface area contributed by atoms with Crippen molar-refractivity contribution in [3.63, 3.8) is 0 Å². The zero-order valence-electron chi connectivity index (χ0n) is 10.9. The van der Waals surface area contributed by atoms with Gasteiger partial charge < -0.3 is 9.84 Å². The van der Waals surface area contributed by atoms with E-state index in [-0.39, 0.29) is 0 Å². The molecule has 0 saturated carbocycles. The van der Waals surface area contributed by atoms with E-state index < -0.39 is 0 Å². The van der Waals surface area contributed by atoms with Crippen LogP contribution in [0.4, 0.5) is 0 Å². The van der Waals surface area contributed by atoms with Gasteiger partial charge in [0.1, 0.15) is 0 Å². The number of hydrogen-bond acceptors (Lipinski definition) is 6. The van der Waals surface area contributed by atoms with E-state index in [2.05, 4.69) is 31.4 Å². The first-order chi connectivity index (χ1) is 9.33. The van der Waals surface area contributed by atoms with Gasteiger partial charge >= 0.3 is 0 Å². The minimum Gasteiger partial charge on any atom is -0.338 e. The molecule has 0 amide bonds. The Hall–Kier alpha value is -1.79. The molecular weight excluding hydrogens is 242 g/mol. The van der Waals surface area contributed by atoms with Crippen LogP contribution in [0.25, 0.3) is 0 Å². The van der Waals surface area contributed by atoms with Gasteiger partial charge in [0.15, 0.2) is 5.82 Å². The van der Waals surface area contributed by atoms with Crippen molar-refractivity contribution in [2.24, 2.45) is 0 Å². The lowest BCUT2D eigenvalue weighted by atomic mass is 10.1. The lowest BCUT2D eigenvalue weighted by molar-refractivity contribution is 0.135. The minimum absolute atomic E-state index is 0.301. The standard InChI is InChI=1S/C13H17N5O/c1-10-16-13(19-17-10)9-18-6-5-15-8-12(18)11-3-2-4-14-7-11/h2-4,7,12,15H,5-6,8-9H2,1H3. The second kappa shape index (κ2) is 5.46. The Morgan fingerprint density at radius 3 is 3.21 bits per heavy atom. The summed E-state index contributed by atoms with van der Waals surface area (Å²) in [5.74, 6) is 1.36. The van der Waals surface area contributed by atoms with Gasteiger partial charge in [-0.2, -0.15) is 4.98 Å². The second-order valence-corrected chi connectivity index (χ2v) is 4.71. The van der Waals surface area contributed by atoms with E-state index in [1.54, 1.807) is 6.20 Å². The molecular formula is C13H17N5O. The zero-order chi connectivity index (χ0) is 13.1. The van der Waals surface area contributed by atoms with E-state index in [0.29, 0.717) is 24.3 Å². The summed E-state index contributed by atoms with van der Waals surface area (Å²) >= 11 is 0. The van der Waals surface area contributed by atoms with Crippen molar-refractivity contribution in [3.8, 4) is 0 Å². The Kier molecular flexibility index (Phi) is 3.52. The van der Waals surface area contributed by atoms with E-state index in [1.807, 2.05) is 19.2 Å². The molecule has 1 saturated heterocycles. The van der Waals surface area contributed by atoms with Crippen molar-refractivity contribution in [2.45, 2.75) is 19.5 Å². The van der Waals surface area contributed by atoms with Crippen LogP contribution in [0.3, 0.4) is 0 Å². The molecule has 0 aromatic carbocycles. The van der Waals surface area contributed by atoms with Crippen molar-refractivity contribution in [1.29, 1.82) is 0 Å². The number of piperazine rings is 1. The third kappa shape index (κ3) is 2.80. The maximum atomic E-state index is 5.21. The molecule has 19 heavy (non-hydrogen) atoms. The number of nitrogens with zero attached hydrogens (tertiary/aromatic N) is 4. The van der Waals surface area contributed by atoms with Gasteiger partial charge in [0.25, 0.3) is 0 Å². The predicted octanol–water partition coefficient (Wildman–Crippen LogP) is 0.920. The summed E-state index contributed by atoms with van der Waals surface area (Å²) in [6, 6.07) is 4.38. The van der Waals surface area contributed by atoms with Crippen LogP contribution in [0.15, 0.2) is 29.0 Å². The van der Waals surface area contributed by atoms with E-state index >= 15 is 0 Å². The number of aromatic nitrogens is 3. The van der Waals surface area contributed by atoms with Gasteiger partial charge in [0.05, 0.1) is 6.54 Å². The number of nitrogens with one attached hydrogen (secondary N) is 1. The number of pyridine rings is 1. The molecule has 3 heterocycles. The molecule has 2 aromatic rings. The van der Waals surface area contributed by atoms with E-state index in [0.717, 1.165) is 19.6 Å². The molecule has 1 aliphatic rings. The van der Waals surface area contributed by atoms with E-state index in [4.69, 9.17) is 4.52 Å². The van der Waals surface area contributed by atoms with Gasteiger partial charge in [-0.05, 0) is 18.6 Å². The Bertz CT molecular complexity index is 527. The summed E-state index contributed by atoms with van der Waals surface area (Å²) in [6.45, 7) is 5.37. The van der Waals surface area contributed by atoms with Crippen LogP contribution in [0, 0.1) is 6.92 Å². The van der Waals surface area contributed by atoms with Gasteiger partial charge in [-0.15, -0.1) is 0 Å². The SMILES string of the molecule is Cc1noc(CN2CCNCC2c2cccnc2)n1. The summed E-state index contributed by atoms with van der Waals surface area (Å²) in [5.41, 5.74) is 1.21. The average Bonchev–Trinajstić information content (AvgIpc) is 2.86. The fourth-order valence-electron chi connectivity index (χ4n) is 2.42. The van der Waals surface area contributed by atoms with Crippen molar-refractivity contribution < 1.29 is 4.52 Å². The highest BCUT2D eigenvalue weighted by Crippen LogP contribution is 2.22. The van der Waals surface area contributed by atoms with Crippen molar-refractivity contribution >= 4 is 0 Å². The average molecular weight is 259 g/mol. The maximum absolute atomic E-state index is 5.21. The molecule has 0 radical (unpaired) electrons. The van der Waals surface area contributed by atoms with Gasteiger partial charge in [-0.3, -0.25) is 9.88 Å². The fraction of sp³-hybridized carbons (Fsp3) is 0.462. The molecule has 6 nitrogen and oxygen atoms in total. The van der Waals surface area contributed by atoms with Crippen LogP contribution in [-0.2, 0) is 6.54 Å². The number of aryl methyl sites for hydroxylation is 1. The van der Waals surface area contributed by atoms with Crippen molar-refractivity contribution in [3.05, 3.63) is 41.8 Å². The third-order valence-corrected chi connectivity index (χ3v) is 3.33. The summed E-state index contributed by atoms with van der Waals surface area (Å²) in [4.78, 5) is 10.8. The Labute approximate surface area is 111 Å². The van der Waals surface area contributed by atoms with Crippen LogP contribution in [0.5, 0.6) is 0 Å². The van der Waals surface area contributed by atoms with Gasteiger partial charge in [0.2, 0.25) is 5.89 Å². The molecule has 1 fully saturated rings.